The van der Waals surface area contributed by atoms with Crippen molar-refractivity contribution >= 4 is 11.8 Å². The molecular weight excluding hydrogens is 516 g/mol. The van der Waals surface area contributed by atoms with Crippen LogP contribution in [0, 0.1) is 18.6 Å². The van der Waals surface area contributed by atoms with Gasteiger partial charge in [-0.3, -0.25) is 14.9 Å². The van der Waals surface area contributed by atoms with E-state index in [0.717, 1.165) is 35.9 Å². The molecule has 5 rings (SSSR count). The molecule has 1 fully saturated rings. The van der Waals surface area contributed by atoms with Crippen molar-refractivity contribution in [2.45, 2.75) is 44.8 Å². The first-order valence-corrected chi connectivity index (χ1v) is 13.6. The molecule has 212 valence electrons. The van der Waals surface area contributed by atoms with Crippen LogP contribution in [0.2, 0.25) is 0 Å². The van der Waals surface area contributed by atoms with Crippen molar-refractivity contribution in [3.05, 3.63) is 77.7 Å². The van der Waals surface area contributed by atoms with Gasteiger partial charge in [0.1, 0.15) is 11.5 Å². The Kier molecular flexibility index (Phi) is 8.41. The van der Waals surface area contributed by atoms with Crippen LogP contribution in [-0.4, -0.2) is 69.9 Å². The number of urea groups is 1. The van der Waals surface area contributed by atoms with E-state index >= 15 is 0 Å². The summed E-state index contributed by atoms with van der Waals surface area (Å²) in [6.45, 7) is 7.03. The normalized spacial score (nSPS) is 20.8. The van der Waals surface area contributed by atoms with Gasteiger partial charge in [0.25, 0.3) is 0 Å². The molecule has 1 aliphatic heterocycles. The molecular formula is C29H35F2N7O2. The van der Waals surface area contributed by atoms with E-state index in [2.05, 4.69) is 32.8 Å². The number of hydrogen-bond acceptors (Lipinski definition) is 5. The molecule has 3 heterocycles. The van der Waals surface area contributed by atoms with Crippen LogP contribution in [0.1, 0.15) is 36.4 Å². The van der Waals surface area contributed by atoms with Crippen molar-refractivity contribution < 1.29 is 18.3 Å². The van der Waals surface area contributed by atoms with E-state index < -0.39 is 11.6 Å². The number of rotatable bonds is 9. The van der Waals surface area contributed by atoms with Crippen molar-refractivity contribution in [2.75, 3.05) is 38.7 Å². The fourth-order valence-electron chi connectivity index (χ4n) is 5.42. The average Bonchev–Trinajstić information content (AvgIpc) is 3.67. The number of hydrogen-bond donors (Lipinski definition) is 2. The Hall–Kier alpha value is -3.83. The number of ether oxygens (including phenoxy) is 1. The number of methoxy groups -OCH3 is 1. The molecule has 0 saturated carbocycles. The molecule has 1 aliphatic carbocycles. The Bertz CT molecular complexity index is 1410. The first-order valence-electron chi connectivity index (χ1n) is 13.6. The lowest BCUT2D eigenvalue weighted by Crippen LogP contribution is -2.42. The number of amides is 2. The Labute approximate surface area is 232 Å². The van der Waals surface area contributed by atoms with E-state index in [0.29, 0.717) is 37.6 Å². The predicted molar refractivity (Wildman–Crippen MR) is 149 cm³/mol. The zero-order chi connectivity index (χ0) is 28.2. The summed E-state index contributed by atoms with van der Waals surface area (Å²) in [5, 5.41) is 15.4. The second-order valence-electron chi connectivity index (χ2n) is 10.2. The molecule has 0 radical (unpaired) electrons. The van der Waals surface area contributed by atoms with E-state index in [1.807, 2.05) is 41.6 Å². The van der Waals surface area contributed by atoms with Gasteiger partial charge in [-0.25, -0.2) is 18.3 Å². The monoisotopic (exact) mass is 551 g/mol. The molecule has 3 aromatic rings. The number of benzene rings is 1. The summed E-state index contributed by atoms with van der Waals surface area (Å²) < 4.78 is 36.7. The molecule has 0 bridgehead atoms. The summed E-state index contributed by atoms with van der Waals surface area (Å²) in [7, 11) is 1.64. The summed E-state index contributed by atoms with van der Waals surface area (Å²) in [4.78, 5) is 15.6. The third kappa shape index (κ3) is 5.85. The number of likely N-dealkylation sites (tertiary alicyclic amines) is 1. The Morgan fingerprint density at radius 2 is 2.05 bits per heavy atom. The smallest absolute Gasteiger partial charge is 0.320 e. The third-order valence-corrected chi connectivity index (χ3v) is 7.58. The maximum absolute atomic E-state index is 14.1. The van der Waals surface area contributed by atoms with Gasteiger partial charge in [0.2, 0.25) is 0 Å². The Balaban J connectivity index is 1.40. The third-order valence-electron chi connectivity index (χ3n) is 7.58. The van der Waals surface area contributed by atoms with Crippen LogP contribution >= 0.6 is 0 Å². The number of aryl methyl sites for hydroxylation is 1. The largest absolute Gasteiger partial charge is 0.383 e. The Morgan fingerprint density at radius 3 is 2.75 bits per heavy atom. The number of halogens is 2. The van der Waals surface area contributed by atoms with Gasteiger partial charge in [0.15, 0.2) is 11.6 Å². The van der Waals surface area contributed by atoms with Gasteiger partial charge in [-0.15, -0.1) is 0 Å². The first kappa shape index (κ1) is 27.7. The Morgan fingerprint density at radius 1 is 1.20 bits per heavy atom. The van der Waals surface area contributed by atoms with E-state index in [1.54, 1.807) is 19.4 Å². The second-order valence-corrected chi connectivity index (χ2v) is 10.2. The number of carbonyl (C=O) groups is 1. The number of anilines is 1. The molecule has 2 aromatic heterocycles. The maximum Gasteiger partial charge on any atom is 0.320 e. The summed E-state index contributed by atoms with van der Waals surface area (Å²) in [5.41, 5.74) is 3.10. The fourth-order valence-corrected chi connectivity index (χ4v) is 5.42. The van der Waals surface area contributed by atoms with Crippen LogP contribution in [0.25, 0.3) is 11.3 Å². The molecule has 1 aromatic carbocycles. The van der Waals surface area contributed by atoms with Gasteiger partial charge in [0, 0.05) is 56.5 Å². The molecule has 1 saturated heterocycles. The van der Waals surface area contributed by atoms with E-state index in [4.69, 9.17) is 9.84 Å². The summed E-state index contributed by atoms with van der Waals surface area (Å²) in [6.07, 6.45) is 12.6. The topological polar surface area (TPSA) is 89.2 Å². The molecule has 2 amide bonds. The average molecular weight is 552 g/mol. The highest BCUT2D eigenvalue weighted by Crippen LogP contribution is 2.33. The highest BCUT2D eigenvalue weighted by atomic mass is 19.2. The molecule has 0 spiro atoms. The number of aromatic nitrogens is 4. The van der Waals surface area contributed by atoms with Crippen LogP contribution in [0.15, 0.2) is 54.9 Å². The van der Waals surface area contributed by atoms with E-state index in [9.17, 15) is 13.6 Å². The first-order chi connectivity index (χ1) is 19.4. The zero-order valence-electron chi connectivity index (χ0n) is 23.0. The lowest BCUT2D eigenvalue weighted by atomic mass is 9.94. The second kappa shape index (κ2) is 12.1. The van der Waals surface area contributed by atoms with Crippen molar-refractivity contribution in [3.8, 4) is 11.3 Å². The standard InChI is InChI=1S/C29H35F2N7O2/c1-4-37-16-21(15-32-37)27-19(2)28(38(35-27)22-8-6-5-7-9-22)34-29(39)33-26-18-36(12-13-40-3)17-23(26)20-10-11-24(30)25(31)14-20/h5-8,10-11,14-16,22-23,26H,4,9,12-13,17-18H2,1-3H3,(H2,33,34,39)/t22?,23-,26+/m0/s1. The summed E-state index contributed by atoms with van der Waals surface area (Å²) >= 11 is 0. The van der Waals surface area contributed by atoms with Gasteiger partial charge in [0.05, 0.1) is 24.9 Å². The maximum atomic E-state index is 14.1. The minimum atomic E-state index is -0.899. The van der Waals surface area contributed by atoms with Gasteiger partial charge in [-0.1, -0.05) is 30.4 Å². The van der Waals surface area contributed by atoms with Crippen molar-refractivity contribution in [1.29, 1.82) is 0 Å². The minimum Gasteiger partial charge on any atom is -0.383 e. The number of allylic oxidation sites excluding steroid dienone is 4. The lowest BCUT2D eigenvalue weighted by molar-refractivity contribution is 0.159. The predicted octanol–water partition coefficient (Wildman–Crippen LogP) is 4.65. The number of carbonyl (C=O) groups excluding carboxylic acids is 1. The van der Waals surface area contributed by atoms with Gasteiger partial charge >= 0.3 is 6.03 Å². The molecule has 11 heteroatoms. The van der Waals surface area contributed by atoms with Crippen LogP contribution in [-0.2, 0) is 11.3 Å². The van der Waals surface area contributed by atoms with Crippen molar-refractivity contribution in [2.24, 2.45) is 0 Å². The van der Waals surface area contributed by atoms with Gasteiger partial charge < -0.3 is 10.1 Å². The van der Waals surface area contributed by atoms with Crippen LogP contribution in [0.3, 0.4) is 0 Å². The molecule has 40 heavy (non-hydrogen) atoms. The van der Waals surface area contributed by atoms with Crippen LogP contribution in [0.4, 0.5) is 19.4 Å². The van der Waals surface area contributed by atoms with Crippen LogP contribution in [0.5, 0.6) is 0 Å². The van der Waals surface area contributed by atoms with E-state index in [-0.39, 0.29) is 24.0 Å². The minimum absolute atomic E-state index is 0.0556. The summed E-state index contributed by atoms with van der Waals surface area (Å²) in [6, 6.07) is 3.17. The number of nitrogens with zero attached hydrogens (tertiary/aromatic N) is 5. The summed E-state index contributed by atoms with van der Waals surface area (Å²) in [5.74, 6) is -1.41. The molecule has 1 unspecified atom stereocenters. The SMILES string of the molecule is CCn1cc(-c2nn(C3C=CC=CC3)c(NC(=O)N[C@@H]3CN(CCOC)C[C@H]3c3ccc(F)c(F)c3)c2C)cn1. The quantitative estimate of drug-likeness (QED) is 0.404. The highest BCUT2D eigenvalue weighted by Gasteiger charge is 2.35. The van der Waals surface area contributed by atoms with Crippen LogP contribution < -0.4 is 10.6 Å². The fraction of sp³-hybridized carbons (Fsp3) is 0.414. The van der Waals surface area contributed by atoms with Gasteiger partial charge in [-0.05, 0) is 38.0 Å². The molecule has 2 aliphatic rings. The molecule has 3 atom stereocenters. The zero-order valence-corrected chi connectivity index (χ0v) is 23.0. The molecule has 2 N–H and O–H groups in total. The highest BCUT2D eigenvalue weighted by molar-refractivity contribution is 5.90. The molecule has 9 nitrogen and oxygen atoms in total. The van der Waals surface area contributed by atoms with Gasteiger partial charge in [-0.2, -0.15) is 10.2 Å². The lowest BCUT2D eigenvalue weighted by Gasteiger charge is -2.22. The van der Waals surface area contributed by atoms with Crippen molar-refractivity contribution in [3.63, 3.8) is 0 Å². The van der Waals surface area contributed by atoms with Crippen molar-refractivity contribution in [1.82, 2.24) is 29.8 Å². The van der Waals surface area contributed by atoms with E-state index in [1.165, 1.54) is 6.07 Å². The number of nitrogens with one attached hydrogen (secondary N) is 2.